The zero-order chi connectivity index (χ0) is 21.9. The Balaban J connectivity index is 1.80. The molecule has 1 aliphatic heterocycles. The third-order valence-corrected chi connectivity index (χ3v) is 7.36. The monoisotopic (exact) mass is 429 g/mol. The molecule has 1 aliphatic rings. The van der Waals surface area contributed by atoms with E-state index in [1.807, 2.05) is 6.92 Å². The van der Waals surface area contributed by atoms with Crippen LogP contribution in [-0.2, 0) is 14.8 Å². The van der Waals surface area contributed by atoms with E-state index in [0.29, 0.717) is 37.3 Å². The average molecular weight is 430 g/mol. The van der Waals surface area contributed by atoms with E-state index in [9.17, 15) is 18.0 Å². The number of rotatable bonds is 7. The number of nitrogens with one attached hydrogen (secondary N) is 1. The first-order chi connectivity index (χ1) is 14.3. The first-order valence-corrected chi connectivity index (χ1v) is 11.5. The molecule has 0 unspecified atom stereocenters. The number of amides is 2. The fraction of sp³-hybridized carbons (Fsp3) is 0.364. The Bertz CT molecular complexity index is 1040. The lowest BCUT2D eigenvalue weighted by molar-refractivity contribution is -0.117. The number of hydrogen-bond acceptors (Lipinski definition) is 4. The van der Waals surface area contributed by atoms with Gasteiger partial charge in [0.1, 0.15) is 0 Å². The van der Waals surface area contributed by atoms with Gasteiger partial charge in [-0.15, -0.1) is 0 Å². The Morgan fingerprint density at radius 3 is 2.33 bits per heavy atom. The van der Waals surface area contributed by atoms with E-state index in [-0.39, 0.29) is 16.7 Å². The molecule has 3 rings (SSSR count). The van der Waals surface area contributed by atoms with Gasteiger partial charge >= 0.3 is 0 Å². The van der Waals surface area contributed by atoms with E-state index in [0.717, 1.165) is 17.7 Å². The largest absolute Gasteiger partial charge is 0.322 e. The van der Waals surface area contributed by atoms with Crippen molar-refractivity contribution in [3.8, 4) is 0 Å². The van der Waals surface area contributed by atoms with E-state index in [1.165, 1.54) is 10.4 Å². The smallest absolute Gasteiger partial charge is 0.255 e. The summed E-state index contributed by atoms with van der Waals surface area (Å²) >= 11 is 0. The molecule has 0 aliphatic carbocycles. The Hall–Kier alpha value is -2.71. The Morgan fingerprint density at radius 2 is 1.77 bits per heavy atom. The molecule has 0 bridgehead atoms. The molecule has 0 spiro atoms. The summed E-state index contributed by atoms with van der Waals surface area (Å²) in [5.74, 6) is -0.246. The average Bonchev–Trinajstić information content (AvgIpc) is 3.16. The van der Waals surface area contributed by atoms with Crippen molar-refractivity contribution in [2.24, 2.45) is 0 Å². The molecule has 30 heavy (non-hydrogen) atoms. The lowest BCUT2D eigenvalue weighted by Crippen LogP contribution is -2.30. The van der Waals surface area contributed by atoms with Gasteiger partial charge in [-0.3, -0.25) is 9.59 Å². The minimum Gasteiger partial charge on any atom is -0.322 e. The van der Waals surface area contributed by atoms with Crippen molar-refractivity contribution in [1.29, 1.82) is 0 Å². The molecule has 2 amide bonds. The fourth-order valence-electron chi connectivity index (χ4n) is 3.52. The second-order valence-corrected chi connectivity index (χ2v) is 9.15. The predicted molar refractivity (Wildman–Crippen MR) is 117 cm³/mol. The molecule has 8 heteroatoms. The normalized spacial score (nSPS) is 14.4. The first kappa shape index (κ1) is 22.0. The molecule has 1 saturated heterocycles. The van der Waals surface area contributed by atoms with Gasteiger partial charge in [0.2, 0.25) is 15.9 Å². The van der Waals surface area contributed by atoms with Crippen LogP contribution < -0.4 is 10.2 Å². The third-order valence-electron chi connectivity index (χ3n) is 5.32. The first-order valence-electron chi connectivity index (χ1n) is 10.1. The SMILES string of the molecule is CCN(CC)S(=O)(=O)c1ccc(C)c(NC(=O)c2ccc(N3CCCC3=O)cc2)c1. The Kier molecular flexibility index (Phi) is 6.58. The molecule has 7 nitrogen and oxygen atoms in total. The number of sulfonamides is 1. The lowest BCUT2D eigenvalue weighted by Gasteiger charge is -2.19. The van der Waals surface area contributed by atoms with E-state index >= 15 is 0 Å². The molecule has 1 N–H and O–H groups in total. The van der Waals surface area contributed by atoms with Gasteiger partial charge < -0.3 is 10.2 Å². The van der Waals surface area contributed by atoms with Gasteiger partial charge in [-0.1, -0.05) is 19.9 Å². The van der Waals surface area contributed by atoms with E-state index in [2.05, 4.69) is 5.32 Å². The molecule has 160 valence electrons. The van der Waals surface area contributed by atoms with Gasteiger partial charge in [-0.05, 0) is 55.3 Å². The molecule has 0 atom stereocenters. The van der Waals surface area contributed by atoms with E-state index in [4.69, 9.17) is 0 Å². The minimum absolute atomic E-state index is 0.0917. The Morgan fingerprint density at radius 1 is 1.10 bits per heavy atom. The second kappa shape index (κ2) is 8.97. The van der Waals surface area contributed by atoms with E-state index in [1.54, 1.807) is 55.1 Å². The van der Waals surface area contributed by atoms with Gasteiger partial charge in [0.15, 0.2) is 0 Å². The van der Waals surface area contributed by atoms with Crippen molar-refractivity contribution in [3.05, 3.63) is 53.6 Å². The number of anilines is 2. The van der Waals surface area contributed by atoms with Crippen LogP contribution in [0.1, 0.15) is 42.6 Å². The molecular weight excluding hydrogens is 402 g/mol. The van der Waals surface area contributed by atoms with Crippen LogP contribution in [0.15, 0.2) is 47.4 Å². The summed E-state index contributed by atoms with van der Waals surface area (Å²) in [6.45, 7) is 6.83. The van der Waals surface area contributed by atoms with Gasteiger partial charge in [-0.2, -0.15) is 4.31 Å². The molecule has 0 aromatic heterocycles. The summed E-state index contributed by atoms with van der Waals surface area (Å²) in [6.07, 6.45) is 1.39. The summed E-state index contributed by atoms with van der Waals surface area (Å²) in [5, 5.41) is 2.81. The highest BCUT2D eigenvalue weighted by Gasteiger charge is 2.23. The van der Waals surface area contributed by atoms with Crippen LogP contribution in [0.5, 0.6) is 0 Å². The number of hydrogen-bond donors (Lipinski definition) is 1. The summed E-state index contributed by atoms with van der Waals surface area (Å²) < 4.78 is 26.9. The third kappa shape index (κ3) is 4.39. The van der Waals surface area contributed by atoms with Crippen LogP contribution in [-0.4, -0.2) is 44.2 Å². The van der Waals surface area contributed by atoms with Gasteiger partial charge in [0.25, 0.3) is 5.91 Å². The molecule has 1 heterocycles. The number of benzene rings is 2. The van der Waals surface area contributed by atoms with Gasteiger partial charge in [0.05, 0.1) is 4.90 Å². The van der Waals surface area contributed by atoms with E-state index < -0.39 is 10.0 Å². The number of carbonyl (C=O) groups excluding carboxylic acids is 2. The van der Waals surface area contributed by atoms with Crippen LogP contribution >= 0.6 is 0 Å². The summed E-state index contributed by atoms with van der Waals surface area (Å²) in [4.78, 5) is 26.5. The molecule has 0 saturated carbocycles. The molecule has 2 aromatic carbocycles. The predicted octanol–water partition coefficient (Wildman–Crippen LogP) is 3.40. The minimum atomic E-state index is -3.62. The highest BCUT2D eigenvalue weighted by Crippen LogP contribution is 2.25. The zero-order valence-electron chi connectivity index (χ0n) is 17.5. The van der Waals surface area contributed by atoms with Gasteiger partial charge in [-0.25, -0.2) is 8.42 Å². The maximum atomic E-state index is 12.8. The zero-order valence-corrected chi connectivity index (χ0v) is 18.3. The summed E-state index contributed by atoms with van der Waals surface area (Å²) in [5.41, 5.74) is 2.42. The maximum Gasteiger partial charge on any atom is 0.255 e. The van der Waals surface area contributed by atoms with Crippen LogP contribution in [0.25, 0.3) is 0 Å². The lowest BCUT2D eigenvalue weighted by atomic mass is 10.1. The van der Waals surface area contributed by atoms with Crippen molar-refractivity contribution < 1.29 is 18.0 Å². The van der Waals surface area contributed by atoms with Crippen molar-refractivity contribution in [2.45, 2.75) is 38.5 Å². The van der Waals surface area contributed by atoms with Crippen LogP contribution in [0.2, 0.25) is 0 Å². The summed E-state index contributed by atoms with van der Waals surface area (Å²) in [7, 11) is -3.62. The fourth-order valence-corrected chi connectivity index (χ4v) is 5.00. The van der Waals surface area contributed by atoms with Crippen LogP contribution in [0, 0.1) is 6.92 Å². The number of aryl methyl sites for hydroxylation is 1. The van der Waals surface area contributed by atoms with Gasteiger partial charge in [0, 0.05) is 43.0 Å². The summed E-state index contributed by atoms with van der Waals surface area (Å²) in [6, 6.07) is 11.6. The quantitative estimate of drug-likeness (QED) is 0.731. The topological polar surface area (TPSA) is 86.8 Å². The molecule has 1 fully saturated rings. The second-order valence-electron chi connectivity index (χ2n) is 7.22. The van der Waals surface area contributed by atoms with Crippen molar-refractivity contribution >= 4 is 33.2 Å². The molecule has 2 aromatic rings. The van der Waals surface area contributed by atoms with Crippen LogP contribution in [0.3, 0.4) is 0 Å². The molecular formula is C22H27N3O4S. The van der Waals surface area contributed by atoms with Crippen LogP contribution in [0.4, 0.5) is 11.4 Å². The van der Waals surface area contributed by atoms with Crippen molar-refractivity contribution in [3.63, 3.8) is 0 Å². The highest BCUT2D eigenvalue weighted by atomic mass is 32.2. The highest BCUT2D eigenvalue weighted by molar-refractivity contribution is 7.89. The Labute approximate surface area is 177 Å². The van der Waals surface area contributed by atoms with Crippen molar-refractivity contribution in [1.82, 2.24) is 4.31 Å². The number of nitrogens with zero attached hydrogens (tertiary/aromatic N) is 2. The van der Waals surface area contributed by atoms with Crippen molar-refractivity contribution in [2.75, 3.05) is 29.9 Å². The standard InChI is InChI=1S/C22H27N3O4S/c1-4-24(5-2)30(28,29)19-13-8-16(3)20(15-19)23-22(27)17-9-11-18(12-10-17)25-14-6-7-21(25)26/h8-13,15H,4-7,14H2,1-3H3,(H,23,27). The maximum absolute atomic E-state index is 12.8. The molecule has 0 radical (unpaired) electrons. The number of carbonyl (C=O) groups is 2.